The Morgan fingerprint density at radius 1 is 0.471 bits per heavy atom. The van der Waals surface area contributed by atoms with Gasteiger partial charge in [0, 0.05) is 0 Å². The molecule has 0 atom stereocenters. The maximum absolute atomic E-state index is 2.97. The zero-order valence-electron chi connectivity index (χ0n) is 23.1. The van der Waals surface area contributed by atoms with Crippen LogP contribution in [-0.4, -0.2) is 7.63 Å². The third-order valence-corrected chi connectivity index (χ3v) is 7.06. The molecule has 4 rings (SSSR count). The first-order valence-corrected chi connectivity index (χ1v) is 13.4. The monoisotopic (exact) mass is 548 g/mol. The van der Waals surface area contributed by atoms with Gasteiger partial charge in [-0.05, 0) is 41.5 Å². The first-order valence-electron chi connectivity index (χ1n) is 10.6. The number of aryl methyl sites for hydroxylation is 6. The molecule has 4 heteroatoms. The van der Waals surface area contributed by atoms with Crippen molar-refractivity contribution >= 4 is 54.0 Å². The van der Waals surface area contributed by atoms with Crippen LogP contribution in [0, 0.1) is 84.1 Å². The van der Waals surface area contributed by atoms with Crippen LogP contribution in [0.2, 0.25) is 0 Å². The molecule has 0 saturated carbocycles. The van der Waals surface area contributed by atoms with Crippen molar-refractivity contribution in [3.8, 4) is 0 Å². The van der Waals surface area contributed by atoms with Gasteiger partial charge in [0.1, 0.15) is 0 Å². The summed E-state index contributed by atoms with van der Waals surface area (Å²) in [5, 5.41) is 5.73. The van der Waals surface area contributed by atoms with Crippen molar-refractivity contribution in [2.24, 2.45) is 0 Å². The molecule has 0 N–H and O–H groups in total. The van der Waals surface area contributed by atoms with Gasteiger partial charge in [-0.25, -0.2) is 0 Å². The molecule has 2 radical (unpaired) electrons. The Balaban J connectivity index is -0.000000475. The van der Waals surface area contributed by atoms with Gasteiger partial charge in [0.25, 0.3) is 0 Å². The fourth-order valence-electron chi connectivity index (χ4n) is 4.48. The predicted molar refractivity (Wildman–Crippen MR) is 160 cm³/mol. The molecular weight excluding hydrogens is 507 g/mol. The Bertz CT molecular complexity index is 1040. The molecule has 4 aromatic rings. The summed E-state index contributed by atoms with van der Waals surface area (Å²) in [7, 11) is 2.97. The molecule has 0 heterocycles. The standard InChI is InChI=1S/2C14H17.2CH3.2ClH.Si.Ti/c2*1-8-6-13-11(4)9(2)10(3)12(5)14(13)7-8;;;;;;/h2*6-7H,1-5H3;2*1H3;2*1H;;/q4*-1;;;;. The van der Waals surface area contributed by atoms with Crippen LogP contribution in [0.4, 0.5) is 0 Å². The second-order valence-electron chi connectivity index (χ2n) is 8.72. The van der Waals surface area contributed by atoms with Crippen LogP contribution in [0.25, 0.3) is 21.5 Å². The Hall–Kier alpha value is -0.829. The molecule has 0 spiro atoms. The van der Waals surface area contributed by atoms with Crippen molar-refractivity contribution in [3.63, 3.8) is 0 Å². The van der Waals surface area contributed by atoms with E-state index in [0.717, 1.165) is 0 Å². The summed E-state index contributed by atoms with van der Waals surface area (Å²) in [6.45, 7) is 22.1. The second kappa shape index (κ2) is 15.3. The van der Waals surface area contributed by atoms with Gasteiger partial charge >= 0.3 is 26.8 Å². The molecule has 0 unspecified atom stereocenters. The molecule has 0 amide bonds. The molecule has 0 bridgehead atoms. The summed E-state index contributed by atoms with van der Waals surface area (Å²) in [6.07, 6.45) is 0. The van der Waals surface area contributed by atoms with Gasteiger partial charge in [-0.3, -0.25) is 0 Å². The minimum absolute atomic E-state index is 0. The van der Waals surface area contributed by atoms with E-state index >= 15 is 0 Å². The van der Waals surface area contributed by atoms with Crippen molar-refractivity contribution in [2.45, 2.75) is 69.2 Å². The molecule has 0 aliphatic carbocycles. The summed E-state index contributed by atoms with van der Waals surface area (Å²) in [4.78, 5) is 0. The van der Waals surface area contributed by atoms with E-state index in [9.17, 15) is 0 Å². The molecule has 0 aromatic heterocycles. The molecule has 4 aromatic carbocycles. The first kappa shape index (κ1) is 37.7. The normalized spacial score (nSPS) is 9.32. The zero-order valence-corrected chi connectivity index (χ0v) is 27.3. The molecule has 0 aliphatic rings. The SMILES string of the molecule is Cc1cc2c(C)c(C)c(C)c(C)c2[cH-]1.Cc1cc2c(C)c(C)c(C)c(C)c2[cH-]1.Cl.Cl.[CH3-].[CH3-].[Si]=[Ti]. The van der Waals surface area contributed by atoms with E-state index in [1.54, 1.807) is 19.2 Å². The van der Waals surface area contributed by atoms with Crippen LogP contribution in [0.3, 0.4) is 0 Å². The summed E-state index contributed by atoms with van der Waals surface area (Å²) < 4.78 is 0. The number of rotatable bonds is 0. The van der Waals surface area contributed by atoms with Crippen LogP contribution in [0.5, 0.6) is 0 Å². The number of fused-ring (bicyclic) bond motifs is 2. The van der Waals surface area contributed by atoms with E-state index in [-0.39, 0.29) is 39.7 Å². The molecule has 34 heavy (non-hydrogen) atoms. The fourth-order valence-corrected chi connectivity index (χ4v) is 4.48. The Morgan fingerprint density at radius 3 is 0.971 bits per heavy atom. The molecule has 0 saturated heterocycles. The van der Waals surface area contributed by atoms with Gasteiger partial charge in [-0.2, -0.15) is 12.1 Å². The average Bonchev–Trinajstić information content (AvgIpc) is 3.32. The number of halogens is 2. The van der Waals surface area contributed by atoms with E-state index in [0.29, 0.717) is 0 Å². The van der Waals surface area contributed by atoms with E-state index in [4.69, 9.17) is 0 Å². The van der Waals surface area contributed by atoms with E-state index in [1.807, 2.05) is 0 Å². The number of hydrogen-bond donors (Lipinski definition) is 0. The minimum atomic E-state index is 0. The van der Waals surface area contributed by atoms with Gasteiger partial charge in [0.2, 0.25) is 0 Å². The van der Waals surface area contributed by atoms with Crippen molar-refractivity contribution < 1.29 is 19.2 Å². The summed E-state index contributed by atoms with van der Waals surface area (Å²) in [5.74, 6) is 0. The Morgan fingerprint density at radius 2 is 0.706 bits per heavy atom. The average molecular weight is 550 g/mol. The van der Waals surface area contributed by atoms with Crippen LogP contribution >= 0.6 is 24.8 Å². The summed E-state index contributed by atoms with van der Waals surface area (Å²) in [6, 6.07) is 9.18. The summed E-state index contributed by atoms with van der Waals surface area (Å²) >= 11 is 1.81. The van der Waals surface area contributed by atoms with Crippen LogP contribution < -0.4 is 0 Å². The molecular formula is C30H42Cl2SiTi-4. The van der Waals surface area contributed by atoms with Gasteiger partial charge in [0.15, 0.2) is 0 Å². The quantitative estimate of drug-likeness (QED) is 0.151. The van der Waals surface area contributed by atoms with Gasteiger partial charge in [0.05, 0.1) is 0 Å². The van der Waals surface area contributed by atoms with Crippen molar-refractivity contribution in [1.82, 2.24) is 0 Å². The van der Waals surface area contributed by atoms with Crippen molar-refractivity contribution in [1.29, 1.82) is 0 Å². The third kappa shape index (κ3) is 7.11. The van der Waals surface area contributed by atoms with Gasteiger partial charge < -0.3 is 14.9 Å². The van der Waals surface area contributed by atoms with Gasteiger partial charge in [-0.1, -0.05) is 61.1 Å². The molecule has 0 fully saturated rings. The molecule has 188 valence electrons. The van der Waals surface area contributed by atoms with E-state index in [1.165, 1.54) is 77.2 Å². The number of hydrogen-bond acceptors (Lipinski definition) is 0. The predicted octanol–water partition coefficient (Wildman–Crippen LogP) is 9.56. The first-order chi connectivity index (χ1) is 14.0. The van der Waals surface area contributed by atoms with Crippen LogP contribution in [0.1, 0.15) is 55.6 Å². The third-order valence-electron chi connectivity index (χ3n) is 7.06. The Labute approximate surface area is 235 Å². The van der Waals surface area contributed by atoms with Crippen molar-refractivity contribution in [2.75, 3.05) is 0 Å². The van der Waals surface area contributed by atoms with E-state index < -0.39 is 0 Å². The van der Waals surface area contributed by atoms with Gasteiger partial charge in [-0.15, -0.1) is 80.7 Å². The van der Waals surface area contributed by atoms with Crippen molar-refractivity contribution in [3.05, 3.63) is 94.8 Å². The maximum atomic E-state index is 2.97. The van der Waals surface area contributed by atoms with Crippen LogP contribution in [-0.2, 0) is 19.2 Å². The molecule has 0 aliphatic heterocycles. The molecule has 0 nitrogen and oxygen atoms in total. The Kier molecular flexibility index (Phi) is 17.0. The van der Waals surface area contributed by atoms with E-state index in [2.05, 4.69) is 101 Å². The zero-order chi connectivity index (χ0) is 22.9. The topological polar surface area (TPSA) is 0 Å². The summed E-state index contributed by atoms with van der Waals surface area (Å²) in [5.41, 5.74) is 14.3. The number of benzene rings is 2. The fraction of sp³-hybridized carbons (Fsp3) is 0.333. The second-order valence-corrected chi connectivity index (χ2v) is 8.72. The van der Waals surface area contributed by atoms with Crippen LogP contribution in [0.15, 0.2) is 24.3 Å².